The number of carbonyl (C=O) groups excluding carboxylic acids is 2. The van der Waals surface area contributed by atoms with E-state index in [1.54, 1.807) is 18.3 Å². The summed E-state index contributed by atoms with van der Waals surface area (Å²) in [7, 11) is 0. The zero-order valence-electron chi connectivity index (χ0n) is 23.6. The van der Waals surface area contributed by atoms with Gasteiger partial charge in [0.05, 0.1) is 0 Å². The van der Waals surface area contributed by atoms with Crippen LogP contribution in [0.2, 0.25) is 0 Å². The lowest BCUT2D eigenvalue weighted by Gasteiger charge is -2.08. The zero-order chi connectivity index (χ0) is 26.1. The van der Waals surface area contributed by atoms with Crippen LogP contribution in [0.25, 0.3) is 0 Å². The Labute approximate surface area is 222 Å². The summed E-state index contributed by atoms with van der Waals surface area (Å²) in [4.78, 5) is 29.1. The second-order valence-corrected chi connectivity index (χ2v) is 10.3. The molecule has 0 aromatic carbocycles. The Kier molecular flexibility index (Phi) is 21.0. The molecule has 0 spiro atoms. The fourth-order valence-electron chi connectivity index (χ4n) is 4.52. The summed E-state index contributed by atoms with van der Waals surface area (Å²) >= 11 is 0. The van der Waals surface area contributed by atoms with E-state index in [-0.39, 0.29) is 11.8 Å². The molecule has 1 aromatic heterocycles. The first-order valence-electron chi connectivity index (χ1n) is 15.2. The van der Waals surface area contributed by atoms with Crippen LogP contribution >= 0.6 is 0 Å². The van der Waals surface area contributed by atoms with E-state index < -0.39 is 0 Å². The molecule has 1 rings (SSSR count). The van der Waals surface area contributed by atoms with Gasteiger partial charge < -0.3 is 10.6 Å². The van der Waals surface area contributed by atoms with Crippen molar-refractivity contribution in [1.29, 1.82) is 0 Å². The van der Waals surface area contributed by atoms with Gasteiger partial charge in [-0.1, -0.05) is 129 Å². The highest BCUT2D eigenvalue weighted by Gasteiger charge is 2.11. The number of hydrogen-bond acceptors (Lipinski definition) is 3. The van der Waals surface area contributed by atoms with E-state index >= 15 is 0 Å². The minimum Gasteiger partial charge on any atom is -0.352 e. The molecular weight excluding hydrogens is 446 g/mol. The minimum atomic E-state index is -0.199. The predicted octanol–water partition coefficient (Wildman–Crippen LogP) is 8.38. The maximum Gasteiger partial charge on any atom is 0.269 e. The Balaban J connectivity index is 2.10. The molecule has 0 atom stereocenters. The van der Waals surface area contributed by atoms with Crippen molar-refractivity contribution < 1.29 is 9.59 Å². The van der Waals surface area contributed by atoms with Crippen LogP contribution in [0.1, 0.15) is 163 Å². The van der Waals surface area contributed by atoms with Crippen LogP contribution in [0.5, 0.6) is 0 Å². The molecule has 0 aliphatic carbocycles. The monoisotopic (exact) mass is 501 g/mol. The van der Waals surface area contributed by atoms with Crippen molar-refractivity contribution in [3.63, 3.8) is 0 Å². The highest BCUT2D eigenvalue weighted by atomic mass is 16.2. The number of carbonyl (C=O) groups is 2. The molecule has 0 fully saturated rings. The first-order valence-corrected chi connectivity index (χ1v) is 15.2. The Morgan fingerprint density at radius 1 is 0.583 bits per heavy atom. The second kappa shape index (κ2) is 23.5. The van der Waals surface area contributed by atoms with Gasteiger partial charge in [0.1, 0.15) is 5.69 Å². The van der Waals surface area contributed by atoms with Gasteiger partial charge in [-0.15, -0.1) is 0 Å². The van der Waals surface area contributed by atoms with Crippen molar-refractivity contribution in [3.05, 3.63) is 29.6 Å². The van der Waals surface area contributed by atoms with Crippen LogP contribution in [0.3, 0.4) is 0 Å². The molecule has 1 heterocycles. The van der Waals surface area contributed by atoms with E-state index in [4.69, 9.17) is 0 Å². The first-order chi connectivity index (χ1) is 17.7. The third kappa shape index (κ3) is 17.5. The number of amides is 2. The summed E-state index contributed by atoms with van der Waals surface area (Å²) in [6.45, 7) is 5.84. The Morgan fingerprint density at radius 3 is 1.42 bits per heavy atom. The molecule has 5 heteroatoms. The van der Waals surface area contributed by atoms with Gasteiger partial charge in [0.15, 0.2) is 0 Å². The number of aromatic nitrogens is 1. The van der Waals surface area contributed by atoms with E-state index in [9.17, 15) is 9.59 Å². The normalized spacial score (nSPS) is 10.9. The van der Waals surface area contributed by atoms with Crippen LogP contribution in [0.4, 0.5) is 0 Å². The number of nitrogens with zero attached hydrogens (tertiary/aromatic N) is 1. The summed E-state index contributed by atoms with van der Waals surface area (Å²) in [6.07, 6.45) is 27.1. The molecule has 0 saturated carbocycles. The van der Waals surface area contributed by atoms with Crippen molar-refractivity contribution in [3.8, 4) is 0 Å². The summed E-state index contributed by atoms with van der Waals surface area (Å²) in [5.74, 6) is -0.327. The third-order valence-electron chi connectivity index (χ3n) is 6.89. The highest BCUT2D eigenvalue weighted by molar-refractivity contribution is 5.98. The predicted molar refractivity (Wildman–Crippen MR) is 153 cm³/mol. The number of hydrogen-bond donors (Lipinski definition) is 2. The Morgan fingerprint density at radius 2 is 0.972 bits per heavy atom. The van der Waals surface area contributed by atoms with E-state index in [0.717, 1.165) is 25.7 Å². The second-order valence-electron chi connectivity index (χ2n) is 10.3. The largest absolute Gasteiger partial charge is 0.352 e. The fourth-order valence-corrected chi connectivity index (χ4v) is 4.52. The smallest absolute Gasteiger partial charge is 0.269 e. The Hall–Kier alpha value is -1.91. The molecular formula is C31H55N3O2. The lowest BCUT2D eigenvalue weighted by atomic mass is 10.1. The van der Waals surface area contributed by atoms with E-state index in [2.05, 4.69) is 29.5 Å². The van der Waals surface area contributed by atoms with Crippen molar-refractivity contribution in [2.75, 3.05) is 13.1 Å². The van der Waals surface area contributed by atoms with Gasteiger partial charge in [-0.25, -0.2) is 0 Å². The standard InChI is InChI=1S/C31H55N3O2/c1-3-5-7-9-11-13-15-17-19-21-24-33-30(35)28-23-26-32-29(27-28)31(36)34-25-22-20-18-16-14-12-10-8-6-4-2/h23,26-27H,3-22,24-25H2,1-2H3,(H,33,35)(H,34,36). The van der Waals surface area contributed by atoms with Gasteiger partial charge in [-0.3, -0.25) is 14.6 Å². The molecule has 36 heavy (non-hydrogen) atoms. The molecule has 2 amide bonds. The minimum absolute atomic E-state index is 0.128. The van der Waals surface area contributed by atoms with E-state index in [1.807, 2.05) is 0 Å². The molecule has 0 aliphatic rings. The average Bonchev–Trinajstić information content (AvgIpc) is 2.90. The van der Waals surface area contributed by atoms with Crippen LogP contribution < -0.4 is 10.6 Å². The topological polar surface area (TPSA) is 71.1 Å². The van der Waals surface area contributed by atoms with Crippen LogP contribution in [0, 0.1) is 0 Å². The van der Waals surface area contributed by atoms with E-state index in [1.165, 1.54) is 103 Å². The SMILES string of the molecule is CCCCCCCCCCCCNC(=O)c1ccnc(C(=O)NCCCCCCCCCCCC)c1. The molecule has 1 aromatic rings. The van der Waals surface area contributed by atoms with Crippen LogP contribution in [-0.4, -0.2) is 29.9 Å². The average molecular weight is 502 g/mol. The summed E-state index contributed by atoms with van der Waals surface area (Å²) in [6, 6.07) is 3.27. The zero-order valence-corrected chi connectivity index (χ0v) is 23.6. The molecule has 2 N–H and O–H groups in total. The van der Waals surface area contributed by atoms with Crippen molar-refractivity contribution in [1.82, 2.24) is 15.6 Å². The Bertz CT molecular complexity index is 624. The molecule has 206 valence electrons. The number of rotatable bonds is 24. The molecule has 0 radical (unpaired) electrons. The lowest BCUT2D eigenvalue weighted by molar-refractivity contribution is 0.0948. The summed E-state index contributed by atoms with van der Waals surface area (Å²) in [5.41, 5.74) is 0.815. The first kappa shape index (κ1) is 32.1. The fraction of sp³-hybridized carbons (Fsp3) is 0.774. The van der Waals surface area contributed by atoms with Gasteiger partial charge in [-0.05, 0) is 25.0 Å². The van der Waals surface area contributed by atoms with Gasteiger partial charge in [0.25, 0.3) is 11.8 Å². The summed E-state index contributed by atoms with van der Waals surface area (Å²) in [5, 5.41) is 5.93. The molecule has 0 saturated heterocycles. The molecule has 5 nitrogen and oxygen atoms in total. The molecule has 0 bridgehead atoms. The highest BCUT2D eigenvalue weighted by Crippen LogP contribution is 2.11. The van der Waals surface area contributed by atoms with Crippen LogP contribution in [-0.2, 0) is 0 Å². The lowest BCUT2D eigenvalue weighted by Crippen LogP contribution is -2.27. The number of unbranched alkanes of at least 4 members (excludes halogenated alkanes) is 18. The van der Waals surface area contributed by atoms with Gasteiger partial charge in [0.2, 0.25) is 0 Å². The molecule has 0 aliphatic heterocycles. The van der Waals surface area contributed by atoms with E-state index in [0.29, 0.717) is 24.3 Å². The number of pyridine rings is 1. The molecule has 0 unspecified atom stereocenters. The van der Waals surface area contributed by atoms with Crippen molar-refractivity contribution in [2.45, 2.75) is 142 Å². The van der Waals surface area contributed by atoms with Gasteiger partial charge in [0, 0.05) is 24.8 Å². The quantitative estimate of drug-likeness (QED) is 0.140. The van der Waals surface area contributed by atoms with Crippen LogP contribution in [0.15, 0.2) is 18.3 Å². The third-order valence-corrected chi connectivity index (χ3v) is 6.89. The number of nitrogens with one attached hydrogen (secondary N) is 2. The maximum atomic E-state index is 12.5. The van der Waals surface area contributed by atoms with Gasteiger partial charge >= 0.3 is 0 Å². The maximum absolute atomic E-state index is 12.5. The van der Waals surface area contributed by atoms with Gasteiger partial charge in [-0.2, -0.15) is 0 Å². The summed E-state index contributed by atoms with van der Waals surface area (Å²) < 4.78 is 0. The van der Waals surface area contributed by atoms with Crippen molar-refractivity contribution in [2.24, 2.45) is 0 Å². The van der Waals surface area contributed by atoms with Crippen molar-refractivity contribution >= 4 is 11.8 Å².